The molecule has 0 heterocycles. The van der Waals surface area contributed by atoms with Gasteiger partial charge in [-0.05, 0) is 79.5 Å². The summed E-state index contributed by atoms with van der Waals surface area (Å²) in [6.07, 6.45) is 5.49. The van der Waals surface area contributed by atoms with Gasteiger partial charge < -0.3 is 14.4 Å². The van der Waals surface area contributed by atoms with Gasteiger partial charge in [-0.2, -0.15) is 0 Å². The smallest absolute Gasteiger partial charge is 0.410 e. The Morgan fingerprint density at radius 3 is 2.37 bits per heavy atom. The van der Waals surface area contributed by atoms with Crippen molar-refractivity contribution < 1.29 is 14.3 Å². The summed E-state index contributed by atoms with van der Waals surface area (Å²) in [6.45, 7) is 6.88. The number of rotatable bonds is 6. The minimum atomic E-state index is -0.493. The minimum absolute atomic E-state index is 0.214. The van der Waals surface area contributed by atoms with E-state index in [1.807, 2.05) is 49.9 Å². The first-order chi connectivity index (χ1) is 14.3. The van der Waals surface area contributed by atoms with Gasteiger partial charge in [0.25, 0.3) is 0 Å². The highest BCUT2D eigenvalue weighted by atomic mass is 127. The maximum atomic E-state index is 13.0. The van der Waals surface area contributed by atoms with E-state index >= 15 is 0 Å². The fraction of sp³-hybridized carbons (Fsp3) is 0.480. The molecule has 0 unspecified atom stereocenters. The molecule has 2 aromatic rings. The van der Waals surface area contributed by atoms with Crippen LogP contribution in [0.4, 0.5) is 4.79 Å². The van der Waals surface area contributed by atoms with Crippen molar-refractivity contribution in [3.05, 3.63) is 63.2 Å². The minimum Gasteiger partial charge on any atom is -0.488 e. The molecular weight excluding hydrogens is 489 g/mol. The molecule has 162 valence electrons. The molecule has 5 heteroatoms. The van der Waals surface area contributed by atoms with E-state index in [9.17, 15) is 4.79 Å². The van der Waals surface area contributed by atoms with Crippen LogP contribution in [0.15, 0.2) is 48.5 Å². The molecule has 1 aliphatic carbocycles. The molecule has 0 aliphatic heterocycles. The molecule has 1 amide bonds. The number of carbonyl (C=O) groups is 1. The zero-order valence-corrected chi connectivity index (χ0v) is 20.4. The number of benzene rings is 2. The third-order valence-corrected chi connectivity index (χ3v) is 6.07. The van der Waals surface area contributed by atoms with E-state index < -0.39 is 5.60 Å². The lowest BCUT2D eigenvalue weighted by Crippen LogP contribution is -2.43. The van der Waals surface area contributed by atoms with E-state index in [1.54, 1.807) is 0 Å². The number of hydrogen-bond donors (Lipinski definition) is 0. The standard InChI is InChI=1S/C25H32INO3/c1-25(2,3)30-24(28)27(21-12-8-5-9-13-21)17-20-14-15-23(22(26)16-20)29-18-19-10-6-4-7-11-19/h4,6-7,10-11,14-16,21H,5,8-9,12-13,17-18H2,1-3H3. The summed E-state index contributed by atoms with van der Waals surface area (Å²) in [7, 11) is 0. The zero-order chi connectivity index (χ0) is 21.6. The van der Waals surface area contributed by atoms with Gasteiger partial charge in [0.15, 0.2) is 0 Å². The van der Waals surface area contributed by atoms with Crippen molar-refractivity contribution >= 4 is 28.7 Å². The molecule has 1 saturated carbocycles. The second-order valence-corrected chi connectivity index (χ2v) is 10.1. The third-order valence-electron chi connectivity index (χ3n) is 5.23. The largest absolute Gasteiger partial charge is 0.488 e. The van der Waals surface area contributed by atoms with E-state index in [0.29, 0.717) is 13.2 Å². The lowest BCUT2D eigenvalue weighted by atomic mass is 9.94. The van der Waals surface area contributed by atoms with Gasteiger partial charge in [0.1, 0.15) is 18.0 Å². The summed E-state index contributed by atoms with van der Waals surface area (Å²) in [6, 6.07) is 16.6. The second-order valence-electron chi connectivity index (χ2n) is 8.94. The van der Waals surface area contributed by atoms with Gasteiger partial charge in [0.05, 0.1) is 3.57 Å². The molecule has 0 radical (unpaired) electrons. The highest BCUT2D eigenvalue weighted by molar-refractivity contribution is 14.1. The molecule has 0 saturated heterocycles. The molecule has 0 N–H and O–H groups in total. The Labute approximate surface area is 194 Å². The molecule has 1 fully saturated rings. The lowest BCUT2D eigenvalue weighted by molar-refractivity contribution is 0.00988. The van der Waals surface area contributed by atoms with Crippen molar-refractivity contribution in [2.75, 3.05) is 0 Å². The normalized spacial score (nSPS) is 14.9. The topological polar surface area (TPSA) is 38.8 Å². The highest BCUT2D eigenvalue weighted by Gasteiger charge is 2.29. The quantitative estimate of drug-likeness (QED) is 0.387. The Hall–Kier alpha value is -1.76. The maximum absolute atomic E-state index is 13.0. The Balaban J connectivity index is 1.70. The number of amides is 1. The van der Waals surface area contributed by atoms with Crippen molar-refractivity contribution in [1.82, 2.24) is 4.90 Å². The molecule has 2 aromatic carbocycles. The Morgan fingerprint density at radius 2 is 1.73 bits per heavy atom. The zero-order valence-electron chi connectivity index (χ0n) is 18.2. The Bertz CT molecular complexity index is 826. The summed E-state index contributed by atoms with van der Waals surface area (Å²) in [5.74, 6) is 0.865. The SMILES string of the molecule is CC(C)(C)OC(=O)N(Cc1ccc(OCc2ccccc2)c(I)c1)C1CCCCC1. The van der Waals surface area contributed by atoms with E-state index in [2.05, 4.69) is 46.9 Å². The number of halogens is 1. The maximum Gasteiger partial charge on any atom is 0.410 e. The highest BCUT2D eigenvalue weighted by Crippen LogP contribution is 2.28. The lowest BCUT2D eigenvalue weighted by Gasteiger charge is -2.35. The summed E-state index contributed by atoms with van der Waals surface area (Å²) in [4.78, 5) is 14.9. The summed E-state index contributed by atoms with van der Waals surface area (Å²) in [5, 5.41) is 0. The molecule has 3 rings (SSSR count). The molecule has 0 aromatic heterocycles. The predicted octanol–water partition coefficient (Wildman–Crippen LogP) is 6.94. The molecule has 0 bridgehead atoms. The predicted molar refractivity (Wildman–Crippen MR) is 129 cm³/mol. The van der Waals surface area contributed by atoms with Crippen LogP contribution in [0.1, 0.15) is 64.0 Å². The molecule has 0 spiro atoms. The number of ether oxygens (including phenoxy) is 2. The van der Waals surface area contributed by atoms with Gasteiger partial charge in [-0.1, -0.05) is 55.7 Å². The van der Waals surface area contributed by atoms with Crippen molar-refractivity contribution in [3.63, 3.8) is 0 Å². The van der Waals surface area contributed by atoms with Crippen LogP contribution < -0.4 is 4.74 Å². The van der Waals surface area contributed by atoms with Crippen molar-refractivity contribution in [1.29, 1.82) is 0 Å². The summed E-state index contributed by atoms with van der Waals surface area (Å²) in [5.41, 5.74) is 1.75. The fourth-order valence-corrected chi connectivity index (χ4v) is 4.48. The van der Waals surface area contributed by atoms with Crippen molar-refractivity contribution in [2.24, 2.45) is 0 Å². The third kappa shape index (κ3) is 6.89. The first-order valence-electron chi connectivity index (χ1n) is 10.8. The fourth-order valence-electron chi connectivity index (χ4n) is 3.75. The van der Waals surface area contributed by atoms with E-state index in [1.165, 1.54) is 19.3 Å². The van der Waals surface area contributed by atoms with Gasteiger partial charge in [0.2, 0.25) is 0 Å². The van der Waals surface area contributed by atoms with Crippen LogP contribution in [-0.4, -0.2) is 22.6 Å². The van der Waals surface area contributed by atoms with Gasteiger partial charge in [-0.25, -0.2) is 4.79 Å². The first-order valence-corrected chi connectivity index (χ1v) is 11.8. The first kappa shape index (κ1) is 22.9. The van der Waals surface area contributed by atoms with E-state index in [4.69, 9.17) is 9.47 Å². The molecule has 4 nitrogen and oxygen atoms in total. The van der Waals surface area contributed by atoms with Crippen LogP contribution in [0.2, 0.25) is 0 Å². The number of nitrogens with zero attached hydrogens (tertiary/aromatic N) is 1. The molecule has 1 aliphatic rings. The molecule has 0 atom stereocenters. The van der Waals surface area contributed by atoms with E-state index in [-0.39, 0.29) is 12.1 Å². The average molecular weight is 521 g/mol. The van der Waals surface area contributed by atoms with Crippen LogP contribution in [0.3, 0.4) is 0 Å². The number of hydrogen-bond acceptors (Lipinski definition) is 3. The van der Waals surface area contributed by atoms with E-state index in [0.717, 1.165) is 33.3 Å². The van der Waals surface area contributed by atoms with Gasteiger partial charge in [0, 0.05) is 12.6 Å². The van der Waals surface area contributed by atoms with Crippen molar-refractivity contribution in [2.45, 2.75) is 77.7 Å². The van der Waals surface area contributed by atoms with Crippen LogP contribution in [0, 0.1) is 3.57 Å². The summed E-state index contributed by atoms with van der Waals surface area (Å²) >= 11 is 2.31. The van der Waals surface area contributed by atoms with Crippen LogP contribution >= 0.6 is 22.6 Å². The average Bonchev–Trinajstić information content (AvgIpc) is 2.71. The van der Waals surface area contributed by atoms with Gasteiger partial charge in [-0.15, -0.1) is 0 Å². The van der Waals surface area contributed by atoms with Crippen LogP contribution in [0.5, 0.6) is 5.75 Å². The van der Waals surface area contributed by atoms with Crippen LogP contribution in [0.25, 0.3) is 0 Å². The Kier molecular flexibility index (Phi) is 8.03. The van der Waals surface area contributed by atoms with Crippen LogP contribution in [-0.2, 0) is 17.9 Å². The van der Waals surface area contributed by atoms with Crippen molar-refractivity contribution in [3.8, 4) is 5.75 Å². The molecule has 30 heavy (non-hydrogen) atoms. The van der Waals surface area contributed by atoms with Gasteiger partial charge >= 0.3 is 6.09 Å². The second kappa shape index (κ2) is 10.5. The summed E-state index contributed by atoms with van der Waals surface area (Å²) < 4.78 is 12.8. The van der Waals surface area contributed by atoms with Gasteiger partial charge in [-0.3, -0.25) is 0 Å². The monoisotopic (exact) mass is 521 g/mol. The Morgan fingerprint density at radius 1 is 1.03 bits per heavy atom. The molecular formula is C25H32INO3. The number of carbonyl (C=O) groups excluding carboxylic acids is 1.